The van der Waals surface area contributed by atoms with Gasteiger partial charge < -0.3 is 9.64 Å². The second-order valence-electron chi connectivity index (χ2n) is 6.00. The molecule has 1 aromatic rings. The van der Waals surface area contributed by atoms with E-state index in [1.807, 2.05) is 6.07 Å². The zero-order chi connectivity index (χ0) is 13.9. The number of benzene rings is 1. The minimum absolute atomic E-state index is 0.161. The maximum atomic E-state index is 12.1. The standard InChI is InChI=1S/C17H23NO2/c1-20-16(13-5-3-2-4-6-13)14-9-11-18(12-10-14)17(19)15-7-8-15/h2-6,14-16H,7-12H2,1H3. The lowest BCUT2D eigenvalue weighted by molar-refractivity contribution is -0.134. The van der Waals surface area contributed by atoms with Crippen LogP contribution in [0.2, 0.25) is 0 Å². The van der Waals surface area contributed by atoms with Gasteiger partial charge >= 0.3 is 0 Å². The molecule has 1 saturated carbocycles. The first-order chi connectivity index (χ1) is 9.79. The van der Waals surface area contributed by atoms with Crippen LogP contribution in [0.1, 0.15) is 37.4 Å². The SMILES string of the molecule is COC(c1ccccc1)C1CCN(C(=O)C2CC2)CC1. The Kier molecular flexibility index (Phi) is 4.06. The molecule has 1 atom stereocenters. The van der Waals surface area contributed by atoms with Crippen molar-refractivity contribution in [2.24, 2.45) is 11.8 Å². The molecule has 0 aromatic heterocycles. The third-order valence-corrected chi connectivity index (χ3v) is 4.59. The lowest BCUT2D eigenvalue weighted by Gasteiger charge is -2.35. The molecule has 3 rings (SSSR count). The summed E-state index contributed by atoms with van der Waals surface area (Å²) in [4.78, 5) is 14.1. The smallest absolute Gasteiger partial charge is 0.225 e. The maximum Gasteiger partial charge on any atom is 0.225 e. The molecule has 1 aromatic carbocycles. The first-order valence-corrected chi connectivity index (χ1v) is 7.66. The summed E-state index contributed by atoms with van der Waals surface area (Å²) in [6.07, 6.45) is 4.46. The van der Waals surface area contributed by atoms with Crippen molar-refractivity contribution >= 4 is 5.91 Å². The summed E-state index contributed by atoms with van der Waals surface area (Å²) in [6.45, 7) is 1.79. The number of carbonyl (C=O) groups is 1. The molecule has 2 fully saturated rings. The highest BCUT2D eigenvalue weighted by Gasteiger charge is 2.36. The Morgan fingerprint density at radius 3 is 2.35 bits per heavy atom. The van der Waals surface area contributed by atoms with Gasteiger partial charge in [0.2, 0.25) is 5.91 Å². The van der Waals surface area contributed by atoms with E-state index in [9.17, 15) is 4.79 Å². The molecule has 108 valence electrons. The molecule has 3 heteroatoms. The van der Waals surface area contributed by atoms with E-state index in [4.69, 9.17) is 4.74 Å². The van der Waals surface area contributed by atoms with E-state index >= 15 is 0 Å². The van der Waals surface area contributed by atoms with Gasteiger partial charge in [-0.1, -0.05) is 30.3 Å². The monoisotopic (exact) mass is 273 g/mol. The fourth-order valence-corrected chi connectivity index (χ4v) is 3.25. The molecule has 1 amide bonds. The molecule has 1 aliphatic heterocycles. The fourth-order valence-electron chi connectivity index (χ4n) is 3.25. The molecule has 1 heterocycles. The average Bonchev–Trinajstić information content (AvgIpc) is 3.34. The van der Waals surface area contributed by atoms with Gasteiger partial charge in [-0.3, -0.25) is 4.79 Å². The summed E-state index contributed by atoms with van der Waals surface area (Å²) in [5.74, 6) is 1.25. The minimum Gasteiger partial charge on any atom is -0.376 e. The Bertz CT molecular complexity index is 447. The number of methoxy groups -OCH3 is 1. The number of rotatable bonds is 4. The molecule has 0 N–H and O–H groups in total. The van der Waals surface area contributed by atoms with Crippen molar-refractivity contribution in [3.05, 3.63) is 35.9 Å². The van der Waals surface area contributed by atoms with Crippen LogP contribution in [0.4, 0.5) is 0 Å². The summed E-state index contributed by atoms with van der Waals surface area (Å²) in [7, 11) is 1.79. The average molecular weight is 273 g/mol. The number of hydrogen-bond acceptors (Lipinski definition) is 2. The number of likely N-dealkylation sites (tertiary alicyclic amines) is 1. The van der Waals surface area contributed by atoms with Gasteiger partial charge in [-0.05, 0) is 37.2 Å². The van der Waals surface area contributed by atoms with Crippen molar-refractivity contribution in [3.63, 3.8) is 0 Å². The molecule has 1 unspecified atom stereocenters. The Labute approximate surface area is 120 Å². The largest absolute Gasteiger partial charge is 0.376 e. The van der Waals surface area contributed by atoms with Gasteiger partial charge in [0.25, 0.3) is 0 Å². The normalized spacial score (nSPS) is 21.8. The molecule has 1 saturated heterocycles. The third-order valence-electron chi connectivity index (χ3n) is 4.59. The highest BCUT2D eigenvalue weighted by molar-refractivity contribution is 5.81. The Morgan fingerprint density at radius 1 is 1.15 bits per heavy atom. The number of hydrogen-bond donors (Lipinski definition) is 0. The van der Waals surface area contributed by atoms with Crippen molar-refractivity contribution in [2.45, 2.75) is 31.8 Å². The van der Waals surface area contributed by atoms with Gasteiger partial charge in [0, 0.05) is 26.1 Å². The minimum atomic E-state index is 0.161. The van der Waals surface area contributed by atoms with Gasteiger partial charge in [0.1, 0.15) is 0 Å². The van der Waals surface area contributed by atoms with Gasteiger partial charge in [-0.2, -0.15) is 0 Å². The summed E-state index contributed by atoms with van der Waals surface area (Å²) in [6, 6.07) is 10.4. The first-order valence-electron chi connectivity index (χ1n) is 7.66. The molecule has 0 spiro atoms. The van der Waals surface area contributed by atoms with Crippen LogP contribution < -0.4 is 0 Å². The van der Waals surface area contributed by atoms with E-state index in [2.05, 4.69) is 29.2 Å². The lowest BCUT2D eigenvalue weighted by Crippen LogP contribution is -2.40. The third kappa shape index (κ3) is 2.88. The van der Waals surface area contributed by atoms with Crippen LogP contribution in [0.15, 0.2) is 30.3 Å². The van der Waals surface area contributed by atoms with Crippen LogP contribution in [0.3, 0.4) is 0 Å². The van der Waals surface area contributed by atoms with Crippen LogP contribution in [0.25, 0.3) is 0 Å². The molecule has 0 bridgehead atoms. The van der Waals surface area contributed by atoms with Crippen molar-refractivity contribution in [2.75, 3.05) is 20.2 Å². The molecule has 0 radical (unpaired) electrons. The van der Waals surface area contributed by atoms with Gasteiger partial charge in [0.05, 0.1) is 6.10 Å². The zero-order valence-corrected chi connectivity index (χ0v) is 12.1. The highest BCUT2D eigenvalue weighted by atomic mass is 16.5. The molecule has 20 heavy (non-hydrogen) atoms. The second-order valence-corrected chi connectivity index (χ2v) is 6.00. The van der Waals surface area contributed by atoms with Crippen molar-refractivity contribution in [3.8, 4) is 0 Å². The topological polar surface area (TPSA) is 29.5 Å². The Balaban J connectivity index is 1.60. The van der Waals surface area contributed by atoms with Gasteiger partial charge in [-0.25, -0.2) is 0 Å². The van der Waals surface area contributed by atoms with E-state index in [1.54, 1.807) is 7.11 Å². The van der Waals surface area contributed by atoms with E-state index < -0.39 is 0 Å². The van der Waals surface area contributed by atoms with Gasteiger partial charge in [-0.15, -0.1) is 0 Å². The predicted molar refractivity (Wildman–Crippen MR) is 78.2 cm³/mol. The van der Waals surface area contributed by atoms with E-state index in [1.165, 1.54) is 5.56 Å². The summed E-state index contributed by atoms with van der Waals surface area (Å²) >= 11 is 0. The van der Waals surface area contributed by atoms with Crippen LogP contribution in [-0.2, 0) is 9.53 Å². The molecular weight excluding hydrogens is 250 g/mol. The van der Waals surface area contributed by atoms with Crippen molar-refractivity contribution in [1.29, 1.82) is 0 Å². The van der Waals surface area contributed by atoms with Crippen molar-refractivity contribution in [1.82, 2.24) is 4.90 Å². The molecule has 3 nitrogen and oxygen atoms in total. The summed E-state index contributed by atoms with van der Waals surface area (Å²) < 4.78 is 5.73. The molecular formula is C17H23NO2. The molecule has 2 aliphatic rings. The number of carbonyl (C=O) groups excluding carboxylic acids is 1. The Morgan fingerprint density at radius 2 is 1.80 bits per heavy atom. The van der Waals surface area contributed by atoms with Crippen LogP contribution >= 0.6 is 0 Å². The van der Waals surface area contributed by atoms with Crippen LogP contribution in [0.5, 0.6) is 0 Å². The molecule has 1 aliphatic carbocycles. The Hall–Kier alpha value is -1.35. The van der Waals surface area contributed by atoms with Crippen molar-refractivity contribution < 1.29 is 9.53 Å². The zero-order valence-electron chi connectivity index (χ0n) is 12.1. The quantitative estimate of drug-likeness (QED) is 0.844. The fraction of sp³-hybridized carbons (Fsp3) is 0.588. The predicted octanol–water partition coefficient (Wildman–Crippen LogP) is 3.02. The number of nitrogens with zero attached hydrogens (tertiary/aromatic N) is 1. The van der Waals surface area contributed by atoms with Gasteiger partial charge in [0.15, 0.2) is 0 Å². The second kappa shape index (κ2) is 5.96. The lowest BCUT2D eigenvalue weighted by atomic mass is 9.87. The summed E-state index contributed by atoms with van der Waals surface area (Å²) in [5, 5.41) is 0. The summed E-state index contributed by atoms with van der Waals surface area (Å²) in [5.41, 5.74) is 1.25. The van der Waals surface area contributed by atoms with E-state index in [0.717, 1.165) is 38.8 Å². The van der Waals surface area contributed by atoms with E-state index in [0.29, 0.717) is 17.7 Å². The number of piperidine rings is 1. The van der Waals surface area contributed by atoms with E-state index in [-0.39, 0.29) is 6.10 Å². The van der Waals surface area contributed by atoms with Crippen LogP contribution in [0, 0.1) is 11.8 Å². The highest BCUT2D eigenvalue weighted by Crippen LogP contribution is 2.36. The number of amides is 1. The number of ether oxygens (including phenoxy) is 1. The van der Waals surface area contributed by atoms with Crippen LogP contribution in [-0.4, -0.2) is 31.0 Å². The first kappa shape index (κ1) is 13.6. The maximum absolute atomic E-state index is 12.1.